The maximum absolute atomic E-state index is 12.4. The van der Waals surface area contributed by atoms with Crippen molar-refractivity contribution < 1.29 is 9.59 Å². The Kier molecular flexibility index (Phi) is 7.22. The minimum Gasteiger partial charge on any atom is -0.355 e. The van der Waals surface area contributed by atoms with Gasteiger partial charge in [-0.25, -0.2) is 4.98 Å². The van der Waals surface area contributed by atoms with Crippen LogP contribution in [0, 0.1) is 0 Å². The Hall–Kier alpha value is -1.43. The molecule has 112 valence electrons. The summed E-state index contributed by atoms with van der Waals surface area (Å²) >= 11 is 1.41. The van der Waals surface area contributed by atoms with E-state index >= 15 is 0 Å². The maximum atomic E-state index is 12.4. The second kappa shape index (κ2) is 8.68. The normalized spacial score (nSPS) is 10.3. The Morgan fingerprint density at radius 1 is 1.30 bits per heavy atom. The molecule has 0 fully saturated rings. The van der Waals surface area contributed by atoms with Crippen LogP contribution in [0.15, 0.2) is 6.20 Å². The number of thiazole rings is 1. The molecule has 0 radical (unpaired) electrons. The molecule has 0 saturated heterocycles. The molecule has 0 saturated carbocycles. The molecule has 0 bridgehead atoms. The van der Waals surface area contributed by atoms with Gasteiger partial charge in [0.2, 0.25) is 5.91 Å². The molecule has 2 amide bonds. The van der Waals surface area contributed by atoms with Crippen molar-refractivity contribution in [3.8, 4) is 0 Å². The van der Waals surface area contributed by atoms with Crippen LogP contribution in [0.5, 0.6) is 0 Å². The Morgan fingerprint density at radius 3 is 2.60 bits per heavy atom. The van der Waals surface area contributed by atoms with Gasteiger partial charge in [0.15, 0.2) is 0 Å². The number of nitrogens with zero attached hydrogens (tertiary/aromatic N) is 2. The molecule has 0 unspecified atom stereocenters. The van der Waals surface area contributed by atoms with E-state index in [0.717, 1.165) is 24.3 Å². The predicted molar refractivity (Wildman–Crippen MR) is 81.0 cm³/mol. The molecular formula is C14H23N3O2S. The first-order chi connectivity index (χ1) is 9.62. The molecule has 20 heavy (non-hydrogen) atoms. The van der Waals surface area contributed by atoms with E-state index in [0.29, 0.717) is 18.0 Å². The minimum atomic E-state index is -0.103. The van der Waals surface area contributed by atoms with Gasteiger partial charge in [-0.3, -0.25) is 9.59 Å². The largest absolute Gasteiger partial charge is 0.355 e. The van der Waals surface area contributed by atoms with Gasteiger partial charge in [0, 0.05) is 13.1 Å². The van der Waals surface area contributed by atoms with Crippen molar-refractivity contribution in [1.82, 2.24) is 15.2 Å². The summed E-state index contributed by atoms with van der Waals surface area (Å²) in [5.41, 5.74) is 0. The summed E-state index contributed by atoms with van der Waals surface area (Å²) < 4.78 is 0. The summed E-state index contributed by atoms with van der Waals surface area (Å²) in [5.74, 6) is -0.204. The van der Waals surface area contributed by atoms with E-state index in [9.17, 15) is 9.59 Å². The number of carbonyl (C=O) groups is 2. The minimum absolute atomic E-state index is 0.101. The SMILES string of the molecule is CCCNC(=O)CN(CCC)C(=O)c1cnc(CC)s1. The summed E-state index contributed by atoms with van der Waals surface area (Å²) in [6.45, 7) is 7.35. The third-order valence-electron chi connectivity index (χ3n) is 2.75. The lowest BCUT2D eigenvalue weighted by atomic mass is 10.3. The molecule has 0 aliphatic rings. The summed E-state index contributed by atoms with van der Waals surface area (Å²) in [5, 5.41) is 3.74. The molecule has 0 aromatic carbocycles. The molecule has 5 nitrogen and oxygen atoms in total. The van der Waals surface area contributed by atoms with Crippen LogP contribution in [0.2, 0.25) is 0 Å². The summed E-state index contributed by atoms with van der Waals surface area (Å²) in [7, 11) is 0. The first kappa shape index (κ1) is 16.6. The van der Waals surface area contributed by atoms with Crippen LogP contribution in [0.4, 0.5) is 0 Å². The summed E-state index contributed by atoms with van der Waals surface area (Å²) in [6, 6.07) is 0. The second-order valence-electron chi connectivity index (χ2n) is 4.55. The van der Waals surface area contributed by atoms with E-state index in [1.54, 1.807) is 11.1 Å². The molecule has 0 aliphatic heterocycles. The van der Waals surface area contributed by atoms with E-state index in [4.69, 9.17) is 0 Å². The highest BCUT2D eigenvalue weighted by molar-refractivity contribution is 7.13. The first-order valence-corrected chi connectivity index (χ1v) is 7.94. The lowest BCUT2D eigenvalue weighted by Crippen LogP contribution is -2.41. The van der Waals surface area contributed by atoms with Gasteiger partial charge in [-0.05, 0) is 19.3 Å². The van der Waals surface area contributed by atoms with Gasteiger partial charge in [0.05, 0.1) is 17.7 Å². The molecular weight excluding hydrogens is 274 g/mol. The van der Waals surface area contributed by atoms with E-state index in [-0.39, 0.29) is 18.4 Å². The van der Waals surface area contributed by atoms with Crippen LogP contribution in [0.25, 0.3) is 0 Å². The average Bonchev–Trinajstić information content (AvgIpc) is 2.92. The first-order valence-electron chi connectivity index (χ1n) is 7.13. The van der Waals surface area contributed by atoms with Gasteiger partial charge in [-0.15, -0.1) is 11.3 Å². The van der Waals surface area contributed by atoms with Crippen LogP contribution in [-0.2, 0) is 11.2 Å². The van der Waals surface area contributed by atoms with Crippen LogP contribution in [-0.4, -0.2) is 41.3 Å². The molecule has 1 heterocycles. The Labute approximate surface area is 124 Å². The predicted octanol–water partition coefficient (Wildman–Crippen LogP) is 2.08. The van der Waals surface area contributed by atoms with Crippen molar-refractivity contribution in [2.45, 2.75) is 40.0 Å². The highest BCUT2D eigenvalue weighted by Crippen LogP contribution is 2.15. The molecule has 1 aromatic rings. The lowest BCUT2D eigenvalue weighted by molar-refractivity contribution is -0.121. The molecule has 0 spiro atoms. The highest BCUT2D eigenvalue weighted by atomic mass is 32.1. The zero-order valence-corrected chi connectivity index (χ0v) is 13.3. The third-order valence-corrected chi connectivity index (χ3v) is 3.88. The molecule has 0 atom stereocenters. The average molecular weight is 297 g/mol. The number of carbonyl (C=O) groups excluding carboxylic acids is 2. The zero-order valence-electron chi connectivity index (χ0n) is 12.4. The van der Waals surface area contributed by atoms with Gasteiger partial charge in [-0.2, -0.15) is 0 Å². The fraction of sp³-hybridized carbons (Fsp3) is 0.643. The number of rotatable bonds is 8. The number of amides is 2. The number of aromatic nitrogens is 1. The van der Waals surface area contributed by atoms with Crippen LogP contribution >= 0.6 is 11.3 Å². The van der Waals surface area contributed by atoms with Gasteiger partial charge >= 0.3 is 0 Å². The third kappa shape index (κ3) is 4.92. The summed E-state index contributed by atoms with van der Waals surface area (Å²) in [4.78, 5) is 30.6. The molecule has 0 aliphatic carbocycles. The van der Waals surface area contributed by atoms with Gasteiger partial charge in [0.25, 0.3) is 5.91 Å². The Morgan fingerprint density at radius 2 is 2.05 bits per heavy atom. The van der Waals surface area contributed by atoms with E-state index in [1.807, 2.05) is 20.8 Å². The monoisotopic (exact) mass is 297 g/mol. The standard InChI is InChI=1S/C14H23N3O2S/c1-4-7-15-12(18)10-17(8-5-2)14(19)11-9-16-13(6-3)20-11/h9H,4-8,10H2,1-3H3,(H,15,18). The van der Waals surface area contributed by atoms with Crippen LogP contribution in [0.1, 0.15) is 48.3 Å². The maximum Gasteiger partial charge on any atom is 0.266 e. The number of hydrogen-bond donors (Lipinski definition) is 1. The van der Waals surface area contributed by atoms with Crippen LogP contribution in [0.3, 0.4) is 0 Å². The topological polar surface area (TPSA) is 62.3 Å². The number of nitrogens with one attached hydrogen (secondary N) is 1. The second-order valence-corrected chi connectivity index (χ2v) is 5.66. The van der Waals surface area contributed by atoms with Crippen molar-refractivity contribution in [3.05, 3.63) is 16.1 Å². The van der Waals surface area contributed by atoms with Crippen LogP contribution < -0.4 is 5.32 Å². The quantitative estimate of drug-likeness (QED) is 0.799. The van der Waals surface area contributed by atoms with E-state index in [2.05, 4.69) is 10.3 Å². The highest BCUT2D eigenvalue weighted by Gasteiger charge is 2.20. The number of hydrogen-bond acceptors (Lipinski definition) is 4. The summed E-state index contributed by atoms with van der Waals surface area (Å²) in [6.07, 6.45) is 4.15. The zero-order chi connectivity index (χ0) is 15.0. The van der Waals surface area contributed by atoms with E-state index in [1.165, 1.54) is 11.3 Å². The van der Waals surface area contributed by atoms with Gasteiger partial charge in [0.1, 0.15) is 4.88 Å². The van der Waals surface area contributed by atoms with Crippen molar-refractivity contribution in [2.75, 3.05) is 19.6 Å². The molecule has 1 rings (SSSR count). The van der Waals surface area contributed by atoms with Crippen molar-refractivity contribution in [2.24, 2.45) is 0 Å². The van der Waals surface area contributed by atoms with E-state index < -0.39 is 0 Å². The van der Waals surface area contributed by atoms with Gasteiger partial charge in [-0.1, -0.05) is 20.8 Å². The fourth-order valence-electron chi connectivity index (χ4n) is 1.74. The van der Waals surface area contributed by atoms with Gasteiger partial charge < -0.3 is 10.2 Å². The smallest absolute Gasteiger partial charge is 0.266 e. The Balaban J connectivity index is 2.68. The van der Waals surface area contributed by atoms with Crippen molar-refractivity contribution in [1.29, 1.82) is 0 Å². The van der Waals surface area contributed by atoms with Crippen molar-refractivity contribution >= 4 is 23.2 Å². The fourth-order valence-corrected chi connectivity index (χ4v) is 2.57. The molecule has 1 aromatic heterocycles. The molecule has 6 heteroatoms. The number of aryl methyl sites for hydroxylation is 1. The van der Waals surface area contributed by atoms with Crippen molar-refractivity contribution in [3.63, 3.8) is 0 Å². The lowest BCUT2D eigenvalue weighted by Gasteiger charge is -2.20. The Bertz CT molecular complexity index is 445. The molecule has 1 N–H and O–H groups in total.